The molecule has 2 rings (SSSR count). The molecule has 1 aromatic carbocycles. The van der Waals surface area contributed by atoms with Gasteiger partial charge in [-0.2, -0.15) is 0 Å². The van der Waals surface area contributed by atoms with E-state index in [0.29, 0.717) is 6.61 Å². The molecule has 0 aliphatic heterocycles. The van der Waals surface area contributed by atoms with Gasteiger partial charge in [-0.25, -0.2) is 13.6 Å². The molecule has 0 unspecified atom stereocenters. The van der Waals surface area contributed by atoms with Crippen LogP contribution in [-0.4, -0.2) is 20.8 Å². The highest BCUT2D eigenvalue weighted by Crippen LogP contribution is 2.38. The zero-order valence-electron chi connectivity index (χ0n) is 12.9. The molecule has 0 bridgehead atoms. The van der Waals surface area contributed by atoms with Crippen LogP contribution in [0.1, 0.15) is 43.2 Å². The fourth-order valence-corrected chi connectivity index (χ4v) is 4.40. The summed E-state index contributed by atoms with van der Waals surface area (Å²) in [7, 11) is -3.48. The van der Waals surface area contributed by atoms with Gasteiger partial charge in [-0.1, -0.05) is 31.4 Å². The first-order valence-corrected chi connectivity index (χ1v) is 9.22. The molecule has 2 N–H and O–H groups in total. The van der Waals surface area contributed by atoms with E-state index in [9.17, 15) is 8.42 Å². The van der Waals surface area contributed by atoms with Crippen LogP contribution in [0.25, 0.3) is 0 Å². The molecule has 4 nitrogen and oxygen atoms in total. The molecule has 118 valence electrons. The minimum Gasteiger partial charge on any atom is -0.493 e. The number of nitrogens with two attached hydrogens (primary N) is 1. The molecule has 5 heteroatoms. The van der Waals surface area contributed by atoms with Crippen molar-refractivity contribution in [1.29, 1.82) is 0 Å². The molecule has 0 radical (unpaired) electrons. The molecule has 0 saturated heterocycles. The maximum Gasteiger partial charge on any atom is 0.209 e. The number of hydrogen-bond acceptors (Lipinski definition) is 3. The van der Waals surface area contributed by atoms with Crippen molar-refractivity contribution in [1.82, 2.24) is 0 Å². The van der Waals surface area contributed by atoms with Gasteiger partial charge in [0.2, 0.25) is 10.0 Å². The molecule has 21 heavy (non-hydrogen) atoms. The Kier molecular flexibility index (Phi) is 4.94. The molecule has 0 heterocycles. The molecule has 0 amide bonds. The third kappa shape index (κ3) is 4.45. The van der Waals surface area contributed by atoms with Gasteiger partial charge in [0.25, 0.3) is 0 Å². The van der Waals surface area contributed by atoms with Crippen LogP contribution in [-0.2, 0) is 10.0 Å². The van der Waals surface area contributed by atoms with Crippen molar-refractivity contribution < 1.29 is 13.2 Å². The third-order valence-corrected chi connectivity index (χ3v) is 5.53. The van der Waals surface area contributed by atoms with E-state index in [1.165, 1.54) is 5.56 Å². The topological polar surface area (TPSA) is 69.4 Å². The molecule has 0 spiro atoms. The fourth-order valence-electron chi connectivity index (χ4n) is 3.17. The fraction of sp³-hybridized carbons (Fsp3) is 0.625. The van der Waals surface area contributed by atoms with E-state index in [1.54, 1.807) is 0 Å². The van der Waals surface area contributed by atoms with Crippen molar-refractivity contribution in [2.45, 2.75) is 46.0 Å². The van der Waals surface area contributed by atoms with E-state index in [1.807, 2.05) is 32.0 Å². The molecule has 1 aromatic rings. The highest BCUT2D eigenvalue weighted by molar-refractivity contribution is 7.89. The predicted octanol–water partition coefficient (Wildman–Crippen LogP) is 2.92. The summed E-state index contributed by atoms with van der Waals surface area (Å²) < 4.78 is 29.1. The molecule has 1 fully saturated rings. The van der Waals surface area contributed by atoms with Gasteiger partial charge in [0.15, 0.2) is 0 Å². The van der Waals surface area contributed by atoms with Crippen LogP contribution in [0.4, 0.5) is 0 Å². The number of sulfonamides is 1. The molecular formula is C16H25NO3S. The lowest BCUT2D eigenvalue weighted by Crippen LogP contribution is -2.40. The third-order valence-electron chi connectivity index (χ3n) is 4.51. The number of primary sulfonamides is 1. The summed E-state index contributed by atoms with van der Waals surface area (Å²) in [4.78, 5) is 0. The summed E-state index contributed by atoms with van der Waals surface area (Å²) in [5, 5.41) is 5.29. The van der Waals surface area contributed by atoms with Gasteiger partial charge in [0.05, 0.1) is 12.4 Å². The maximum absolute atomic E-state index is 11.6. The first-order chi connectivity index (χ1) is 9.81. The first-order valence-electron chi connectivity index (χ1n) is 7.51. The monoisotopic (exact) mass is 311 g/mol. The van der Waals surface area contributed by atoms with Gasteiger partial charge in [-0.3, -0.25) is 0 Å². The number of hydrogen-bond donors (Lipinski definition) is 1. The first kappa shape index (κ1) is 16.3. The quantitative estimate of drug-likeness (QED) is 0.909. The normalized spacial score (nSPS) is 18.4. The Morgan fingerprint density at radius 2 is 1.86 bits per heavy atom. The van der Waals surface area contributed by atoms with Crippen LogP contribution < -0.4 is 9.88 Å². The molecule has 0 aromatic heterocycles. The van der Waals surface area contributed by atoms with E-state index in [0.717, 1.165) is 43.4 Å². The maximum atomic E-state index is 11.6. The van der Waals surface area contributed by atoms with Crippen molar-refractivity contribution >= 4 is 10.0 Å². The second-order valence-electron chi connectivity index (χ2n) is 6.35. The molecule has 0 atom stereocenters. The van der Waals surface area contributed by atoms with Crippen LogP contribution in [0.3, 0.4) is 0 Å². The van der Waals surface area contributed by atoms with E-state index in [4.69, 9.17) is 9.88 Å². The highest BCUT2D eigenvalue weighted by Gasteiger charge is 2.36. The van der Waals surface area contributed by atoms with Crippen molar-refractivity contribution in [3.63, 3.8) is 0 Å². The van der Waals surface area contributed by atoms with Crippen molar-refractivity contribution in [2.24, 2.45) is 10.6 Å². The standard InChI is InChI=1S/C16H25NO3S/c1-13-7-6-8-15(14(13)2)20-11-16(12-21(17,18)19)9-4-3-5-10-16/h6-8H,3-5,9-12H2,1-2H3,(H2,17,18,19). The van der Waals surface area contributed by atoms with Gasteiger partial charge in [-0.05, 0) is 43.9 Å². The van der Waals surface area contributed by atoms with Crippen molar-refractivity contribution in [3.8, 4) is 5.75 Å². The summed E-state index contributed by atoms with van der Waals surface area (Å²) in [5.74, 6) is 0.861. The summed E-state index contributed by atoms with van der Waals surface area (Å²) in [6.07, 6.45) is 5.00. The Bertz CT molecular complexity index is 590. The van der Waals surface area contributed by atoms with Gasteiger partial charge >= 0.3 is 0 Å². The smallest absolute Gasteiger partial charge is 0.209 e. The van der Waals surface area contributed by atoms with E-state index >= 15 is 0 Å². The zero-order valence-corrected chi connectivity index (χ0v) is 13.7. The van der Waals surface area contributed by atoms with Gasteiger partial charge in [0, 0.05) is 5.41 Å². The van der Waals surface area contributed by atoms with Crippen molar-refractivity contribution in [3.05, 3.63) is 29.3 Å². The largest absolute Gasteiger partial charge is 0.493 e. The lowest BCUT2D eigenvalue weighted by molar-refractivity contribution is 0.118. The van der Waals surface area contributed by atoms with Crippen LogP contribution in [0.5, 0.6) is 5.75 Å². The minimum atomic E-state index is -3.48. The Labute approximate surface area is 127 Å². The predicted molar refractivity (Wildman–Crippen MR) is 84.9 cm³/mol. The SMILES string of the molecule is Cc1cccc(OCC2(CS(N)(=O)=O)CCCCC2)c1C. The van der Waals surface area contributed by atoms with E-state index in [2.05, 4.69) is 0 Å². The van der Waals surface area contributed by atoms with Crippen molar-refractivity contribution in [2.75, 3.05) is 12.4 Å². The average molecular weight is 311 g/mol. The summed E-state index contributed by atoms with van der Waals surface area (Å²) in [5.41, 5.74) is 1.96. The lowest BCUT2D eigenvalue weighted by atomic mass is 9.76. The summed E-state index contributed by atoms with van der Waals surface area (Å²) >= 11 is 0. The molecule has 1 saturated carbocycles. The summed E-state index contributed by atoms with van der Waals surface area (Å²) in [6, 6.07) is 5.95. The van der Waals surface area contributed by atoms with E-state index < -0.39 is 10.0 Å². The van der Waals surface area contributed by atoms with Crippen LogP contribution in [0.15, 0.2) is 18.2 Å². The second kappa shape index (κ2) is 6.36. The Hall–Kier alpha value is -1.07. The summed E-state index contributed by atoms with van der Waals surface area (Å²) in [6.45, 7) is 4.49. The number of ether oxygens (including phenoxy) is 1. The number of benzene rings is 1. The highest BCUT2D eigenvalue weighted by atomic mass is 32.2. The Morgan fingerprint density at radius 3 is 2.48 bits per heavy atom. The van der Waals surface area contributed by atoms with Gasteiger partial charge in [-0.15, -0.1) is 0 Å². The van der Waals surface area contributed by atoms with Gasteiger partial charge in [0.1, 0.15) is 5.75 Å². The van der Waals surface area contributed by atoms with E-state index in [-0.39, 0.29) is 11.2 Å². The Morgan fingerprint density at radius 1 is 1.19 bits per heavy atom. The molecular weight excluding hydrogens is 286 g/mol. The lowest BCUT2D eigenvalue weighted by Gasteiger charge is -2.36. The Balaban J connectivity index is 2.14. The number of rotatable bonds is 5. The second-order valence-corrected chi connectivity index (χ2v) is 7.97. The molecule has 1 aliphatic carbocycles. The van der Waals surface area contributed by atoms with Crippen LogP contribution in [0.2, 0.25) is 0 Å². The zero-order chi connectivity index (χ0) is 15.5. The number of aryl methyl sites for hydroxylation is 1. The molecule has 1 aliphatic rings. The average Bonchev–Trinajstić information content (AvgIpc) is 2.40. The van der Waals surface area contributed by atoms with Crippen LogP contribution in [0, 0.1) is 19.3 Å². The van der Waals surface area contributed by atoms with Gasteiger partial charge < -0.3 is 4.74 Å². The minimum absolute atomic E-state index is 0.0187. The van der Waals surface area contributed by atoms with Crippen LogP contribution >= 0.6 is 0 Å².